The van der Waals surface area contributed by atoms with Gasteiger partial charge >= 0.3 is 0 Å². The van der Waals surface area contributed by atoms with Gasteiger partial charge in [0.25, 0.3) is 0 Å². The monoisotopic (exact) mass is 311 g/mol. The third-order valence-electron chi connectivity index (χ3n) is 3.99. The smallest absolute Gasteiger partial charge is 0.243 e. The largest absolute Gasteiger partial charge is 0.392 e. The van der Waals surface area contributed by atoms with Crippen LogP contribution in [-0.4, -0.2) is 30.4 Å². The molecule has 0 amide bonds. The molecule has 0 heterocycles. The average Bonchev–Trinajstić information content (AvgIpc) is 3.27. The molecule has 1 aliphatic carbocycles. The predicted octanol–water partition coefficient (Wildman–Crippen LogP) is 2.55. The van der Waals surface area contributed by atoms with Crippen molar-refractivity contribution in [3.8, 4) is 0 Å². The van der Waals surface area contributed by atoms with E-state index in [-0.39, 0.29) is 12.6 Å². The van der Waals surface area contributed by atoms with Crippen molar-refractivity contribution in [2.24, 2.45) is 5.92 Å². The zero-order chi connectivity index (χ0) is 15.6. The highest BCUT2D eigenvalue weighted by molar-refractivity contribution is 7.89. The summed E-state index contributed by atoms with van der Waals surface area (Å²) in [7, 11) is -3.51. The molecule has 118 valence electrons. The Balaban J connectivity index is 2.44. The van der Waals surface area contributed by atoms with Crippen LogP contribution >= 0.6 is 0 Å². The Labute approximate surface area is 127 Å². The second-order valence-corrected chi connectivity index (χ2v) is 7.92. The van der Waals surface area contributed by atoms with Crippen LogP contribution in [0, 0.1) is 5.92 Å². The summed E-state index contributed by atoms with van der Waals surface area (Å²) in [4.78, 5) is 0.353. The number of aliphatic hydroxyl groups excluding tert-OH is 1. The molecule has 1 aromatic rings. The number of sulfonamides is 1. The highest BCUT2D eigenvalue weighted by atomic mass is 32.2. The molecule has 0 saturated heterocycles. The Bertz CT molecular complexity index is 592. The van der Waals surface area contributed by atoms with Gasteiger partial charge in [0.1, 0.15) is 0 Å². The lowest BCUT2D eigenvalue weighted by Gasteiger charge is -2.27. The number of benzene rings is 1. The maximum absolute atomic E-state index is 13.0. The Kier molecular flexibility index (Phi) is 5.07. The molecule has 0 radical (unpaired) electrons. The fourth-order valence-corrected chi connectivity index (χ4v) is 4.56. The molecule has 0 bridgehead atoms. The molecule has 2 rings (SSSR count). The van der Waals surface area contributed by atoms with Gasteiger partial charge in [-0.15, -0.1) is 0 Å². The van der Waals surface area contributed by atoms with E-state index in [9.17, 15) is 13.5 Å². The topological polar surface area (TPSA) is 57.6 Å². The molecule has 4 nitrogen and oxygen atoms in total. The fraction of sp³-hybridized carbons (Fsp3) is 0.625. The van der Waals surface area contributed by atoms with Crippen molar-refractivity contribution in [2.45, 2.75) is 57.6 Å². The summed E-state index contributed by atoms with van der Waals surface area (Å²) in [6.07, 6.45) is 2.90. The number of aliphatic hydroxyl groups is 1. The summed E-state index contributed by atoms with van der Waals surface area (Å²) in [6, 6.07) is 5.17. The first-order valence-corrected chi connectivity index (χ1v) is 9.08. The Morgan fingerprint density at radius 3 is 2.48 bits per heavy atom. The Morgan fingerprint density at radius 1 is 1.33 bits per heavy atom. The van der Waals surface area contributed by atoms with E-state index in [1.807, 2.05) is 26.8 Å². The van der Waals surface area contributed by atoms with Gasteiger partial charge in [-0.2, -0.15) is 4.31 Å². The lowest BCUT2D eigenvalue weighted by Crippen LogP contribution is -2.38. The van der Waals surface area contributed by atoms with Gasteiger partial charge < -0.3 is 5.11 Å². The number of nitrogens with zero attached hydrogens (tertiary/aromatic N) is 1. The highest BCUT2D eigenvalue weighted by Gasteiger charge is 2.34. The zero-order valence-corrected chi connectivity index (χ0v) is 13.9. The second kappa shape index (κ2) is 6.46. The van der Waals surface area contributed by atoms with E-state index in [1.165, 1.54) is 0 Å². The molecule has 0 aromatic heterocycles. The van der Waals surface area contributed by atoms with Crippen LogP contribution in [0.3, 0.4) is 0 Å². The number of rotatable bonds is 7. The van der Waals surface area contributed by atoms with Crippen molar-refractivity contribution in [3.63, 3.8) is 0 Å². The van der Waals surface area contributed by atoms with Gasteiger partial charge in [0.05, 0.1) is 11.5 Å². The van der Waals surface area contributed by atoms with Crippen LogP contribution in [0.5, 0.6) is 0 Å². The molecule has 1 fully saturated rings. The van der Waals surface area contributed by atoms with Crippen LogP contribution in [-0.2, 0) is 23.1 Å². The number of hydrogen-bond donors (Lipinski definition) is 1. The van der Waals surface area contributed by atoms with Crippen molar-refractivity contribution >= 4 is 10.0 Å². The summed E-state index contributed by atoms with van der Waals surface area (Å²) < 4.78 is 27.7. The summed E-state index contributed by atoms with van der Waals surface area (Å²) in [5.41, 5.74) is 1.45. The minimum Gasteiger partial charge on any atom is -0.392 e. The van der Waals surface area contributed by atoms with Crippen molar-refractivity contribution in [1.29, 1.82) is 0 Å². The fourth-order valence-electron chi connectivity index (χ4n) is 2.50. The zero-order valence-electron chi connectivity index (χ0n) is 13.0. The molecule has 0 unspecified atom stereocenters. The van der Waals surface area contributed by atoms with E-state index < -0.39 is 10.0 Å². The van der Waals surface area contributed by atoms with Gasteiger partial charge in [-0.3, -0.25) is 0 Å². The van der Waals surface area contributed by atoms with Crippen molar-refractivity contribution in [3.05, 3.63) is 29.3 Å². The SMILES string of the molecule is CCc1ccc(CO)cc1S(=O)(=O)N(CC1CC1)C(C)C. The highest BCUT2D eigenvalue weighted by Crippen LogP contribution is 2.33. The van der Waals surface area contributed by atoms with Gasteiger partial charge in [0, 0.05) is 12.6 Å². The average molecular weight is 311 g/mol. The van der Waals surface area contributed by atoms with Crippen LogP contribution in [0.25, 0.3) is 0 Å². The summed E-state index contributed by atoms with van der Waals surface area (Å²) in [5.74, 6) is 0.508. The first-order chi connectivity index (χ1) is 9.90. The number of aryl methyl sites for hydroxylation is 1. The minimum atomic E-state index is -3.51. The van der Waals surface area contributed by atoms with Crippen LogP contribution in [0.4, 0.5) is 0 Å². The maximum atomic E-state index is 13.0. The summed E-state index contributed by atoms with van der Waals surface area (Å²) in [6.45, 7) is 6.25. The second-order valence-electron chi connectivity index (χ2n) is 6.07. The van der Waals surface area contributed by atoms with Gasteiger partial charge in [0.15, 0.2) is 0 Å². The van der Waals surface area contributed by atoms with Gasteiger partial charge in [0.2, 0.25) is 10.0 Å². The van der Waals surface area contributed by atoms with E-state index in [2.05, 4.69) is 0 Å². The predicted molar refractivity (Wildman–Crippen MR) is 83.5 cm³/mol. The van der Waals surface area contributed by atoms with E-state index in [0.29, 0.717) is 29.3 Å². The van der Waals surface area contributed by atoms with Crippen LogP contribution < -0.4 is 0 Å². The molecular weight excluding hydrogens is 286 g/mol. The van der Waals surface area contributed by atoms with E-state index >= 15 is 0 Å². The Morgan fingerprint density at radius 2 is 2.00 bits per heavy atom. The first-order valence-electron chi connectivity index (χ1n) is 7.64. The molecule has 0 aliphatic heterocycles. The molecule has 0 atom stereocenters. The number of hydrogen-bond acceptors (Lipinski definition) is 3. The summed E-state index contributed by atoms with van der Waals surface area (Å²) in [5, 5.41) is 9.29. The van der Waals surface area contributed by atoms with Crippen molar-refractivity contribution < 1.29 is 13.5 Å². The third kappa shape index (κ3) is 3.65. The maximum Gasteiger partial charge on any atom is 0.243 e. The van der Waals surface area contributed by atoms with Crippen LogP contribution in [0.2, 0.25) is 0 Å². The first kappa shape index (κ1) is 16.5. The summed E-state index contributed by atoms with van der Waals surface area (Å²) >= 11 is 0. The molecule has 1 saturated carbocycles. The molecule has 0 spiro atoms. The molecular formula is C16H25NO3S. The molecule has 1 aromatic carbocycles. The lowest BCUT2D eigenvalue weighted by molar-refractivity contribution is 0.281. The van der Waals surface area contributed by atoms with Gasteiger partial charge in [-0.05, 0) is 56.2 Å². The Hall–Kier alpha value is -0.910. The van der Waals surface area contributed by atoms with Gasteiger partial charge in [-0.1, -0.05) is 19.1 Å². The molecule has 1 aliphatic rings. The van der Waals surface area contributed by atoms with Crippen LogP contribution in [0.15, 0.2) is 23.1 Å². The van der Waals surface area contributed by atoms with E-state index in [4.69, 9.17) is 0 Å². The lowest BCUT2D eigenvalue weighted by atomic mass is 10.1. The quantitative estimate of drug-likeness (QED) is 0.842. The normalized spacial score (nSPS) is 15.9. The molecule has 5 heteroatoms. The third-order valence-corrected chi connectivity index (χ3v) is 6.12. The standard InChI is InChI=1S/C16H25NO3S/c1-4-15-8-7-14(11-18)9-16(15)21(19,20)17(12(2)3)10-13-5-6-13/h7-9,12-13,18H,4-6,10-11H2,1-3H3. The van der Waals surface area contributed by atoms with Crippen molar-refractivity contribution in [2.75, 3.05) is 6.54 Å². The van der Waals surface area contributed by atoms with E-state index in [0.717, 1.165) is 18.4 Å². The van der Waals surface area contributed by atoms with Gasteiger partial charge in [-0.25, -0.2) is 8.42 Å². The van der Waals surface area contributed by atoms with E-state index in [1.54, 1.807) is 16.4 Å². The van der Waals surface area contributed by atoms with Crippen molar-refractivity contribution in [1.82, 2.24) is 4.31 Å². The molecule has 21 heavy (non-hydrogen) atoms. The van der Waals surface area contributed by atoms with Crippen LogP contribution in [0.1, 0.15) is 44.7 Å². The molecule has 1 N–H and O–H groups in total. The minimum absolute atomic E-state index is 0.0573.